The van der Waals surface area contributed by atoms with Crippen LogP contribution in [0.2, 0.25) is 0 Å². The van der Waals surface area contributed by atoms with E-state index in [4.69, 9.17) is 0 Å². The quantitative estimate of drug-likeness (QED) is 0.536. The third kappa shape index (κ3) is 4.58. The summed E-state index contributed by atoms with van der Waals surface area (Å²) in [6, 6.07) is 4.18. The summed E-state index contributed by atoms with van der Waals surface area (Å²) in [6.45, 7) is 6.38. The molecule has 1 fully saturated rings. The maximum absolute atomic E-state index is 12.9. The average molecular weight is 386 g/mol. The van der Waals surface area contributed by atoms with E-state index < -0.39 is 0 Å². The predicted octanol–water partition coefficient (Wildman–Crippen LogP) is 3.80. The van der Waals surface area contributed by atoms with Crippen molar-refractivity contribution in [1.82, 2.24) is 24.6 Å². The first-order valence-electron chi connectivity index (χ1n) is 9.49. The fourth-order valence-electron chi connectivity index (χ4n) is 3.53. The molecule has 3 rings (SSSR count). The minimum absolute atomic E-state index is 0.158. The van der Waals surface area contributed by atoms with Crippen molar-refractivity contribution in [2.24, 2.45) is 0 Å². The summed E-state index contributed by atoms with van der Waals surface area (Å²) >= 11 is 1.46. The first-order chi connectivity index (χ1) is 13.1. The molecule has 1 atom stereocenters. The number of carbonyl (C=O) groups excluding carboxylic acids is 1. The van der Waals surface area contributed by atoms with E-state index in [0.717, 1.165) is 29.4 Å². The molecule has 0 radical (unpaired) electrons. The number of carbonyl (C=O) groups is 1. The molecule has 7 heteroatoms. The Labute approximate surface area is 165 Å². The van der Waals surface area contributed by atoms with Crippen LogP contribution < -0.4 is 0 Å². The molecule has 2 aromatic rings. The van der Waals surface area contributed by atoms with Crippen LogP contribution in [-0.2, 0) is 11.3 Å². The molecule has 1 saturated carbocycles. The van der Waals surface area contributed by atoms with Gasteiger partial charge in [0.25, 0.3) is 0 Å². The van der Waals surface area contributed by atoms with Crippen LogP contribution in [0, 0.1) is 0 Å². The maximum atomic E-state index is 12.9. The van der Waals surface area contributed by atoms with Gasteiger partial charge in [0, 0.05) is 37.6 Å². The molecule has 1 unspecified atom stereocenters. The van der Waals surface area contributed by atoms with Gasteiger partial charge in [0.15, 0.2) is 11.0 Å². The van der Waals surface area contributed by atoms with Crippen molar-refractivity contribution in [3.63, 3.8) is 0 Å². The number of nitrogens with zero attached hydrogens (tertiary/aromatic N) is 5. The summed E-state index contributed by atoms with van der Waals surface area (Å²) in [6.07, 6.45) is 11.2. The second-order valence-electron chi connectivity index (χ2n) is 6.94. The van der Waals surface area contributed by atoms with Gasteiger partial charge >= 0.3 is 0 Å². The SMILES string of the molecule is C=CCn1c(SC(C)C(=O)N(C)C2CCCCC2)nnc1-c1ccncc1. The molecule has 0 aliphatic heterocycles. The summed E-state index contributed by atoms with van der Waals surface area (Å²) in [5.41, 5.74) is 0.949. The van der Waals surface area contributed by atoms with E-state index in [0.29, 0.717) is 12.6 Å². The normalized spacial score (nSPS) is 16.1. The van der Waals surface area contributed by atoms with Gasteiger partial charge in [-0.05, 0) is 31.9 Å². The number of hydrogen-bond donors (Lipinski definition) is 0. The van der Waals surface area contributed by atoms with Crippen LogP contribution in [-0.4, -0.2) is 48.9 Å². The summed E-state index contributed by atoms with van der Waals surface area (Å²) in [5, 5.41) is 9.21. The number of hydrogen-bond acceptors (Lipinski definition) is 5. The van der Waals surface area contributed by atoms with Gasteiger partial charge in [0.1, 0.15) is 0 Å². The molecule has 6 nitrogen and oxygen atoms in total. The standard InChI is InChI=1S/C20H27N5OS/c1-4-14-25-18(16-10-12-21-13-11-16)22-23-20(25)27-15(2)19(26)24(3)17-8-6-5-7-9-17/h4,10-13,15,17H,1,5-9,14H2,2-3H3. The monoisotopic (exact) mass is 385 g/mol. The highest BCUT2D eigenvalue weighted by Gasteiger charge is 2.27. The highest BCUT2D eigenvalue weighted by Crippen LogP contribution is 2.29. The summed E-state index contributed by atoms with van der Waals surface area (Å²) in [7, 11) is 1.94. The van der Waals surface area contributed by atoms with Gasteiger partial charge in [0.2, 0.25) is 5.91 Å². The summed E-state index contributed by atoms with van der Waals surface area (Å²) in [5.74, 6) is 0.922. The minimum atomic E-state index is -0.213. The van der Waals surface area contributed by atoms with E-state index in [1.165, 1.54) is 31.0 Å². The first kappa shape index (κ1) is 19.6. The number of amides is 1. The van der Waals surface area contributed by atoms with Gasteiger partial charge in [-0.15, -0.1) is 16.8 Å². The molecule has 0 N–H and O–H groups in total. The van der Waals surface area contributed by atoms with Crippen molar-refractivity contribution in [3.05, 3.63) is 37.2 Å². The van der Waals surface area contributed by atoms with Gasteiger partial charge in [-0.3, -0.25) is 14.3 Å². The summed E-state index contributed by atoms with van der Waals surface area (Å²) in [4.78, 5) is 18.9. The predicted molar refractivity (Wildman–Crippen MR) is 108 cm³/mol. The first-order valence-corrected chi connectivity index (χ1v) is 10.4. The number of thioether (sulfide) groups is 1. The van der Waals surface area contributed by atoms with E-state index in [-0.39, 0.29) is 11.2 Å². The number of allylic oxidation sites excluding steroid dienone is 1. The lowest BCUT2D eigenvalue weighted by Crippen LogP contribution is -2.42. The van der Waals surface area contributed by atoms with Gasteiger partial charge < -0.3 is 4.90 Å². The van der Waals surface area contributed by atoms with Gasteiger partial charge in [0.05, 0.1) is 5.25 Å². The van der Waals surface area contributed by atoms with Crippen molar-refractivity contribution >= 4 is 17.7 Å². The van der Waals surface area contributed by atoms with Gasteiger partial charge in [-0.1, -0.05) is 37.1 Å². The Morgan fingerprint density at radius 2 is 2.04 bits per heavy atom. The van der Waals surface area contributed by atoms with Crippen LogP contribution in [0.3, 0.4) is 0 Å². The molecule has 1 aliphatic carbocycles. The minimum Gasteiger partial charge on any atom is -0.342 e. The Hall–Kier alpha value is -2.15. The van der Waals surface area contributed by atoms with E-state index in [1.54, 1.807) is 12.4 Å². The fourth-order valence-corrected chi connectivity index (χ4v) is 4.49. The Morgan fingerprint density at radius 3 is 2.70 bits per heavy atom. The third-order valence-corrected chi connectivity index (χ3v) is 6.14. The van der Waals surface area contributed by atoms with Crippen LogP contribution in [0.25, 0.3) is 11.4 Å². The Morgan fingerprint density at radius 1 is 1.33 bits per heavy atom. The highest BCUT2D eigenvalue weighted by molar-refractivity contribution is 8.00. The number of rotatable bonds is 7. The van der Waals surface area contributed by atoms with Crippen LogP contribution in [0.4, 0.5) is 0 Å². The van der Waals surface area contributed by atoms with Crippen LogP contribution in [0.1, 0.15) is 39.0 Å². The summed E-state index contributed by atoms with van der Waals surface area (Å²) < 4.78 is 2.00. The lowest BCUT2D eigenvalue weighted by Gasteiger charge is -2.32. The Bertz CT molecular complexity index is 770. The van der Waals surface area contributed by atoms with E-state index in [2.05, 4.69) is 21.8 Å². The molecule has 2 heterocycles. The fraction of sp³-hybridized carbons (Fsp3) is 0.500. The molecule has 0 aromatic carbocycles. The molecule has 27 heavy (non-hydrogen) atoms. The van der Waals surface area contributed by atoms with E-state index >= 15 is 0 Å². The lowest BCUT2D eigenvalue weighted by molar-refractivity contribution is -0.131. The smallest absolute Gasteiger partial charge is 0.235 e. The second kappa shape index (κ2) is 9.17. The zero-order chi connectivity index (χ0) is 19.2. The molecule has 0 bridgehead atoms. The van der Waals surface area contributed by atoms with Crippen LogP contribution in [0.5, 0.6) is 0 Å². The zero-order valence-electron chi connectivity index (χ0n) is 16.0. The van der Waals surface area contributed by atoms with Crippen molar-refractivity contribution in [1.29, 1.82) is 0 Å². The van der Waals surface area contributed by atoms with Crippen LogP contribution >= 0.6 is 11.8 Å². The molecule has 2 aromatic heterocycles. The molecule has 0 saturated heterocycles. The molecule has 1 aliphatic rings. The molecular weight excluding hydrogens is 358 g/mol. The lowest BCUT2D eigenvalue weighted by atomic mass is 9.94. The maximum Gasteiger partial charge on any atom is 0.235 e. The van der Waals surface area contributed by atoms with Gasteiger partial charge in [-0.25, -0.2) is 0 Å². The van der Waals surface area contributed by atoms with Crippen molar-refractivity contribution in [2.45, 2.75) is 62.0 Å². The Kier molecular flexibility index (Phi) is 6.66. The highest BCUT2D eigenvalue weighted by atomic mass is 32.2. The largest absolute Gasteiger partial charge is 0.342 e. The molecule has 1 amide bonds. The van der Waals surface area contributed by atoms with Crippen LogP contribution in [0.15, 0.2) is 42.3 Å². The number of pyridine rings is 1. The average Bonchev–Trinajstić information content (AvgIpc) is 3.10. The Balaban J connectivity index is 1.75. The van der Waals surface area contributed by atoms with Crippen molar-refractivity contribution in [2.75, 3.05) is 7.05 Å². The third-order valence-electron chi connectivity index (χ3n) is 5.07. The van der Waals surface area contributed by atoms with Gasteiger partial charge in [-0.2, -0.15) is 0 Å². The topological polar surface area (TPSA) is 63.9 Å². The van der Waals surface area contributed by atoms with Crippen molar-refractivity contribution < 1.29 is 4.79 Å². The van der Waals surface area contributed by atoms with E-state index in [1.807, 2.05) is 41.6 Å². The molecular formula is C20H27N5OS. The van der Waals surface area contributed by atoms with Crippen molar-refractivity contribution in [3.8, 4) is 11.4 Å². The molecule has 144 valence electrons. The zero-order valence-corrected chi connectivity index (χ0v) is 16.9. The second-order valence-corrected chi connectivity index (χ2v) is 8.25. The molecule has 0 spiro atoms. The number of aromatic nitrogens is 4. The van der Waals surface area contributed by atoms with E-state index in [9.17, 15) is 4.79 Å².